The third kappa shape index (κ3) is 22.7. The fraction of sp³-hybridized carbons (Fsp3) is 0.512. The molecule has 2 fully saturated rings. The van der Waals surface area contributed by atoms with Crippen LogP contribution in [0.3, 0.4) is 0 Å². The lowest BCUT2D eigenvalue weighted by Gasteiger charge is -2.37. The fourth-order valence-corrected chi connectivity index (χ4v) is 15.2. The number of aliphatic hydroxyl groups is 1. The molecule has 11 rings (SSSR count). The molecule has 11 amide bonds. The van der Waals surface area contributed by atoms with Gasteiger partial charge in [0.05, 0.1) is 92.2 Å². The van der Waals surface area contributed by atoms with Crippen LogP contribution in [-0.4, -0.2) is 258 Å². The van der Waals surface area contributed by atoms with E-state index in [4.69, 9.17) is 18.9 Å². The number of aliphatic hydroxyl groups excluding tert-OH is 1. The number of carbonyl (C=O) groups excluding carboxylic acids is 12. The van der Waals surface area contributed by atoms with Gasteiger partial charge < -0.3 is 90.8 Å². The zero-order valence-electron chi connectivity index (χ0n) is 66.6. The number of fused-ring (bicyclic) bond motifs is 7. The predicted molar refractivity (Wildman–Crippen MR) is 418 cm³/mol. The van der Waals surface area contributed by atoms with Crippen molar-refractivity contribution >= 4 is 81.7 Å². The summed E-state index contributed by atoms with van der Waals surface area (Å²) in [6.45, 7) is 4.58. The summed E-state index contributed by atoms with van der Waals surface area (Å²) in [5, 5.41) is 46.0. The molecule has 13 bridgehead atoms. The average Bonchev–Trinajstić information content (AvgIpc) is 1.62. The molecule has 0 spiro atoms. The number of nitrogens with zero attached hydrogens (tertiary/aromatic N) is 7. The van der Waals surface area contributed by atoms with E-state index in [2.05, 4.69) is 58.2 Å². The van der Waals surface area contributed by atoms with Crippen LogP contribution in [0.2, 0.25) is 0 Å². The summed E-state index contributed by atoms with van der Waals surface area (Å²) < 4.78 is 43.1. The molecule has 622 valence electrons. The van der Waals surface area contributed by atoms with Crippen molar-refractivity contribution in [2.75, 3.05) is 94.0 Å². The van der Waals surface area contributed by atoms with Crippen molar-refractivity contribution in [3.8, 4) is 5.75 Å². The van der Waals surface area contributed by atoms with Crippen LogP contribution in [0.25, 0.3) is 10.9 Å². The maximum absolute atomic E-state index is 16.4. The monoisotopic (exact) mass is 1610 g/mol. The molecule has 116 heavy (non-hydrogen) atoms. The van der Waals surface area contributed by atoms with E-state index < -0.39 is 156 Å². The minimum atomic E-state index is -1.87. The van der Waals surface area contributed by atoms with Crippen molar-refractivity contribution in [2.24, 2.45) is 5.92 Å². The number of likely N-dealkylation sites (N-methyl/N-ethyl adjacent to an activating group) is 1. The SMILES string of the molecule is COc1ccc(C[C@@H]2NC(=O)[C@H]([C@@H](C)O)NC(=O)[C@@H]3[C@@H]4CCN3C(=O)[C@H]3CC(=O)[C@H](Cc5cccc(c5)CNC(=O)CO4)NC(=O)[C@@H](CNC(=O)CCOCCOCC[N+](C)(C)C)NC(=O)[C@H](C)NC(=O)CCC(=O)NCc4ccc(cc4Cn4cc(nn4)Cn4cc(c5cc(F)ccc54)C3)CCNC(=O)[C@]3(C)CCCN3C2=O)cc1. The maximum atomic E-state index is 16.4. The topological polar surface area (TPSA) is 412 Å². The Morgan fingerprint density at radius 3 is 2.23 bits per heavy atom. The Morgan fingerprint density at radius 2 is 1.47 bits per heavy atom. The Labute approximate surface area is 671 Å². The molecule has 33 nitrogen and oxygen atoms in total. The van der Waals surface area contributed by atoms with E-state index in [9.17, 15) is 33.9 Å². The Kier molecular flexibility index (Phi) is 28.9. The predicted octanol–water partition coefficient (Wildman–Crippen LogP) is 0.230. The zero-order chi connectivity index (χ0) is 83.0. The summed E-state index contributed by atoms with van der Waals surface area (Å²) in [7, 11) is 7.58. The zero-order valence-corrected chi connectivity index (χ0v) is 66.6. The number of aromatic nitrogens is 4. The number of Topliss-reactive ketones (excluding diaryl/α,β-unsaturated/α-hetero) is 1. The number of methoxy groups -OCH3 is 1. The number of benzene rings is 4. The van der Waals surface area contributed by atoms with E-state index in [0.29, 0.717) is 73.2 Å². The third-order valence-corrected chi connectivity index (χ3v) is 21.7. The first-order chi connectivity index (χ1) is 55.5. The molecule has 2 aromatic heterocycles. The lowest BCUT2D eigenvalue weighted by Crippen LogP contribution is -2.63. The first kappa shape index (κ1) is 85.8. The molecule has 10 atom stereocenters. The summed E-state index contributed by atoms with van der Waals surface area (Å²) >= 11 is 0. The largest absolute Gasteiger partial charge is 0.497 e. The van der Waals surface area contributed by atoms with Gasteiger partial charge in [0.15, 0.2) is 5.78 Å². The maximum Gasteiger partial charge on any atom is 0.246 e. The van der Waals surface area contributed by atoms with Gasteiger partial charge in [-0.1, -0.05) is 59.8 Å². The summed E-state index contributed by atoms with van der Waals surface area (Å²) in [6.07, 6.45) is -1.20. The van der Waals surface area contributed by atoms with Gasteiger partial charge in [0.1, 0.15) is 66.2 Å². The van der Waals surface area contributed by atoms with Crippen molar-refractivity contribution < 1.29 is 90.5 Å². The lowest BCUT2D eigenvalue weighted by molar-refractivity contribution is -0.870. The van der Waals surface area contributed by atoms with Crippen LogP contribution in [0.1, 0.15) is 110 Å². The van der Waals surface area contributed by atoms with Crippen LogP contribution in [0.15, 0.2) is 97.3 Å². The van der Waals surface area contributed by atoms with Crippen molar-refractivity contribution in [1.29, 1.82) is 0 Å². The number of hydrogen-bond acceptors (Lipinski definition) is 19. The Balaban J connectivity index is 1.02. The number of hydrogen-bond donors (Lipinski definition) is 10. The summed E-state index contributed by atoms with van der Waals surface area (Å²) in [5.74, 6) is -10.9. The third-order valence-electron chi connectivity index (χ3n) is 21.7. The van der Waals surface area contributed by atoms with E-state index in [-0.39, 0.29) is 123 Å². The normalized spacial score (nSPS) is 24.0. The summed E-state index contributed by atoms with van der Waals surface area (Å²) in [4.78, 5) is 181. The smallest absolute Gasteiger partial charge is 0.246 e. The molecule has 34 heteroatoms. The van der Waals surface area contributed by atoms with Crippen LogP contribution in [0.4, 0.5) is 4.39 Å². The van der Waals surface area contributed by atoms with Crippen LogP contribution in [-0.2, 0) is 124 Å². The van der Waals surface area contributed by atoms with Crippen LogP contribution in [0, 0.1) is 11.7 Å². The van der Waals surface area contributed by atoms with Gasteiger partial charge in [-0.2, -0.15) is 0 Å². The highest BCUT2D eigenvalue weighted by Crippen LogP contribution is 2.34. The molecule has 0 aliphatic carbocycles. The highest BCUT2D eigenvalue weighted by atomic mass is 19.1. The number of amides is 11. The quantitative estimate of drug-likeness (QED) is 0.0486. The molecule has 5 aliphatic heterocycles. The van der Waals surface area contributed by atoms with E-state index in [1.165, 1.54) is 38.0 Å². The fourth-order valence-electron chi connectivity index (χ4n) is 15.2. The molecule has 0 radical (unpaired) electrons. The van der Waals surface area contributed by atoms with Crippen LogP contribution in [0.5, 0.6) is 5.75 Å². The molecule has 5 aliphatic rings. The highest BCUT2D eigenvalue weighted by Gasteiger charge is 2.50. The molecular weight excluding hydrogens is 1500 g/mol. The number of rotatable bonds is 15. The number of ketones is 1. The molecule has 0 saturated carbocycles. The average molecular weight is 1610 g/mol. The van der Waals surface area contributed by atoms with Gasteiger partial charge in [-0.15, -0.1) is 5.10 Å². The van der Waals surface area contributed by atoms with Crippen molar-refractivity contribution in [2.45, 2.75) is 172 Å². The second-order valence-corrected chi connectivity index (χ2v) is 31.6. The molecule has 7 heterocycles. The highest BCUT2D eigenvalue weighted by molar-refractivity contribution is 6.00. The van der Waals surface area contributed by atoms with Crippen molar-refractivity contribution in [3.05, 3.63) is 148 Å². The van der Waals surface area contributed by atoms with Gasteiger partial charge in [-0.25, -0.2) is 9.07 Å². The number of nitrogens with one attached hydrogen (secondary N) is 9. The van der Waals surface area contributed by atoms with Crippen LogP contribution >= 0.6 is 0 Å². The summed E-state index contributed by atoms with van der Waals surface area (Å²) in [6, 6.07) is 13.4. The number of carbonyl (C=O) groups is 12. The Morgan fingerprint density at radius 1 is 0.716 bits per heavy atom. The van der Waals surface area contributed by atoms with Crippen LogP contribution < -0.4 is 52.6 Å². The van der Waals surface area contributed by atoms with Gasteiger partial charge in [0, 0.05) is 94.4 Å². The molecule has 10 N–H and O–H groups in total. The van der Waals surface area contributed by atoms with E-state index in [1.807, 2.05) is 39.3 Å². The van der Waals surface area contributed by atoms with Crippen molar-refractivity contribution in [1.82, 2.24) is 77.2 Å². The first-order valence-electron chi connectivity index (χ1n) is 39.4. The van der Waals surface area contributed by atoms with E-state index in [1.54, 1.807) is 83.2 Å². The van der Waals surface area contributed by atoms with E-state index in [0.717, 1.165) is 17.0 Å². The minimum Gasteiger partial charge on any atom is -0.497 e. The molecule has 0 unspecified atom stereocenters. The molecule has 6 aromatic rings. The van der Waals surface area contributed by atoms with Gasteiger partial charge in [0.25, 0.3) is 0 Å². The number of quaternary nitrogens is 1. The van der Waals surface area contributed by atoms with Gasteiger partial charge in [-0.05, 0) is 129 Å². The second-order valence-electron chi connectivity index (χ2n) is 31.6. The Bertz CT molecular complexity index is 4600. The van der Waals surface area contributed by atoms with Crippen molar-refractivity contribution in [3.63, 3.8) is 0 Å². The molecule has 2 saturated heterocycles. The van der Waals surface area contributed by atoms with Gasteiger partial charge >= 0.3 is 0 Å². The molecule has 4 aromatic carbocycles. The number of ether oxygens (including phenoxy) is 4. The van der Waals surface area contributed by atoms with Gasteiger partial charge in [-0.3, -0.25) is 57.5 Å². The standard InChI is InChI=1S/C82H105FN16O17/c1-49-75(106)91-65(43-87-70(103)24-30-114-32-33-115-31-29-99(4,5)6)76(107)89-63-37-53-10-8-11-54(34-53)41-85-72(105)48-116-68-23-28-97-74(68)78(109)92-73(50(2)100)77(108)90-64(36-51-13-17-61(113-7)18-14-51)80(111)98-27-9-25-82(98,3)81(112)84-26-22-52-12-15-55(42-86-69(102)20-21-71(104)88-49)57(35-52)45-96-47-60(93-94-96)46-95-44-58(38-56(79(97)110)39-67(63)101)62-40-59(83)16-19-66(62)95/h8,10-19,34-35,40,44,47,49-50,56,63-65,68,73-74,100H,9,20-33,36-39,41-43,45-46,48H2,1-7H3,(H8-,84,85,86,87,88,89,90,91,92,102,103,104,105,106,107,108,109,112)/p+1/t49-,50+,56+,63-,64-,65+,68-,73-,74-,82-/m0/s1. The summed E-state index contributed by atoms with van der Waals surface area (Å²) in [5.41, 5.74) is 3.40. The van der Waals surface area contributed by atoms with Gasteiger partial charge in [0.2, 0.25) is 65.0 Å². The first-order valence-corrected chi connectivity index (χ1v) is 39.4. The minimum absolute atomic E-state index is 0.0178. The Hall–Kier alpha value is -11.1. The van der Waals surface area contributed by atoms with E-state index >= 15 is 33.2 Å². The lowest BCUT2D eigenvalue weighted by atomic mass is 9.88. The second kappa shape index (κ2) is 39.0. The molecular formula is C82H106FN16O17+. The number of halogens is 1.